The van der Waals surface area contributed by atoms with Crippen LogP contribution in [-0.2, 0) is 9.59 Å². The van der Waals surface area contributed by atoms with Crippen molar-refractivity contribution in [2.24, 2.45) is 0 Å². The molecule has 0 unspecified atom stereocenters. The number of hydrazine groups is 1. The number of para-hydroxylation sites is 2. The van der Waals surface area contributed by atoms with E-state index in [0.717, 1.165) is 11.4 Å². The number of nitrogens with zero attached hydrogens (tertiary/aromatic N) is 2. The van der Waals surface area contributed by atoms with Crippen LogP contribution < -0.4 is 10.4 Å². The summed E-state index contributed by atoms with van der Waals surface area (Å²) >= 11 is 0. The molecule has 1 aliphatic rings. The van der Waals surface area contributed by atoms with Gasteiger partial charge in [-0.15, -0.1) is 0 Å². The number of carbonyl (C=O) groups excluding carboxylic acids is 2. The Morgan fingerprint density at radius 2 is 1.40 bits per heavy atom. The predicted octanol–water partition coefficient (Wildman–Crippen LogP) is 2.94. The molecule has 0 radical (unpaired) electrons. The molecule has 1 aromatic heterocycles. The zero-order valence-electron chi connectivity index (χ0n) is 13.3. The Morgan fingerprint density at radius 3 is 2.08 bits per heavy atom. The molecule has 0 saturated carbocycles. The lowest BCUT2D eigenvalue weighted by atomic mass is 10.2. The highest BCUT2D eigenvalue weighted by Gasteiger charge is 2.34. The minimum atomic E-state index is -0.408. The lowest BCUT2D eigenvalue weighted by molar-refractivity contribution is -0.117. The van der Waals surface area contributed by atoms with Crippen molar-refractivity contribution in [3.63, 3.8) is 0 Å². The Bertz CT molecular complexity index is 959. The van der Waals surface area contributed by atoms with Crippen LogP contribution in [0.2, 0.25) is 0 Å². The lowest BCUT2D eigenvalue weighted by Gasteiger charge is -2.13. The van der Waals surface area contributed by atoms with Crippen molar-refractivity contribution in [1.29, 1.82) is 0 Å². The van der Waals surface area contributed by atoms with Gasteiger partial charge in [-0.1, -0.05) is 36.4 Å². The summed E-state index contributed by atoms with van der Waals surface area (Å²) in [6.07, 6.45) is 3.52. The van der Waals surface area contributed by atoms with Gasteiger partial charge in [0.2, 0.25) is 0 Å². The van der Waals surface area contributed by atoms with Crippen LogP contribution in [0.4, 0.5) is 5.69 Å². The summed E-state index contributed by atoms with van der Waals surface area (Å²) in [6, 6.07) is 22.5. The van der Waals surface area contributed by atoms with E-state index < -0.39 is 5.91 Å². The third-order valence-corrected chi connectivity index (χ3v) is 4.01. The molecule has 1 saturated heterocycles. The van der Waals surface area contributed by atoms with Crippen molar-refractivity contribution in [2.45, 2.75) is 0 Å². The molecule has 2 amide bonds. The maximum atomic E-state index is 12.7. The molecule has 5 heteroatoms. The first-order valence-electron chi connectivity index (χ1n) is 7.89. The van der Waals surface area contributed by atoms with Gasteiger partial charge in [0.1, 0.15) is 5.57 Å². The molecule has 2 heterocycles. The van der Waals surface area contributed by atoms with Gasteiger partial charge in [-0.3, -0.25) is 15.0 Å². The largest absolute Gasteiger partial charge is 0.317 e. The second-order valence-corrected chi connectivity index (χ2v) is 5.61. The summed E-state index contributed by atoms with van der Waals surface area (Å²) in [4.78, 5) is 24.9. The Kier molecular flexibility index (Phi) is 3.67. The topological polar surface area (TPSA) is 54.3 Å². The van der Waals surface area contributed by atoms with Gasteiger partial charge in [0.05, 0.1) is 5.69 Å². The minimum absolute atomic E-state index is 0.111. The van der Waals surface area contributed by atoms with E-state index in [0.29, 0.717) is 5.69 Å². The molecular formula is C20H15N3O2. The summed E-state index contributed by atoms with van der Waals surface area (Å²) in [5.74, 6) is -0.772. The van der Waals surface area contributed by atoms with E-state index in [9.17, 15) is 9.59 Å². The highest BCUT2D eigenvalue weighted by Crippen LogP contribution is 2.22. The van der Waals surface area contributed by atoms with Crippen molar-refractivity contribution in [2.75, 3.05) is 5.01 Å². The highest BCUT2D eigenvalue weighted by atomic mass is 16.2. The molecule has 1 N–H and O–H groups in total. The summed E-state index contributed by atoms with van der Waals surface area (Å²) < 4.78 is 1.93. The van der Waals surface area contributed by atoms with E-state index in [4.69, 9.17) is 0 Å². The molecule has 2 aromatic carbocycles. The van der Waals surface area contributed by atoms with Crippen LogP contribution in [0.1, 0.15) is 5.69 Å². The van der Waals surface area contributed by atoms with Crippen LogP contribution in [0.15, 0.2) is 84.6 Å². The SMILES string of the molecule is O=C1NN(c2ccccc2)C(=O)/C1=C\c1cccn1-c1ccccc1. The van der Waals surface area contributed by atoms with Gasteiger partial charge in [0, 0.05) is 17.6 Å². The zero-order valence-corrected chi connectivity index (χ0v) is 13.3. The van der Waals surface area contributed by atoms with E-state index in [1.165, 1.54) is 5.01 Å². The molecule has 0 aliphatic carbocycles. The smallest absolute Gasteiger partial charge is 0.282 e. The number of rotatable bonds is 3. The molecular weight excluding hydrogens is 314 g/mol. The van der Waals surface area contributed by atoms with E-state index in [1.54, 1.807) is 18.2 Å². The Labute approximate surface area is 144 Å². The molecule has 4 rings (SSSR count). The molecule has 1 fully saturated rings. The van der Waals surface area contributed by atoms with Gasteiger partial charge in [-0.25, -0.2) is 5.01 Å². The number of hydrogen-bond acceptors (Lipinski definition) is 2. The van der Waals surface area contributed by atoms with Crippen LogP contribution in [-0.4, -0.2) is 16.4 Å². The zero-order chi connectivity index (χ0) is 17.2. The van der Waals surface area contributed by atoms with E-state index >= 15 is 0 Å². The number of hydrogen-bond donors (Lipinski definition) is 1. The van der Waals surface area contributed by atoms with Crippen LogP contribution in [0.25, 0.3) is 11.8 Å². The average molecular weight is 329 g/mol. The predicted molar refractivity (Wildman–Crippen MR) is 95.8 cm³/mol. The first-order chi connectivity index (χ1) is 12.2. The minimum Gasteiger partial charge on any atom is -0.317 e. The normalized spacial score (nSPS) is 15.7. The standard InChI is InChI=1S/C20H15N3O2/c24-19-18(20(25)23(21-19)16-10-5-2-6-11-16)14-17-12-7-13-22(17)15-8-3-1-4-9-15/h1-14H,(H,21,24)/b18-14-. The quantitative estimate of drug-likeness (QED) is 0.593. The van der Waals surface area contributed by atoms with E-state index in [1.807, 2.05) is 71.4 Å². The van der Waals surface area contributed by atoms with Gasteiger partial charge in [-0.05, 0) is 42.5 Å². The average Bonchev–Trinajstić information content (AvgIpc) is 3.23. The van der Waals surface area contributed by atoms with Gasteiger partial charge in [0.25, 0.3) is 11.8 Å². The second-order valence-electron chi connectivity index (χ2n) is 5.61. The van der Waals surface area contributed by atoms with Gasteiger partial charge >= 0.3 is 0 Å². The van der Waals surface area contributed by atoms with Crippen LogP contribution in [0, 0.1) is 0 Å². The second kappa shape index (κ2) is 6.13. The van der Waals surface area contributed by atoms with E-state index in [-0.39, 0.29) is 11.5 Å². The fourth-order valence-corrected chi connectivity index (χ4v) is 2.80. The number of benzene rings is 2. The third kappa shape index (κ3) is 2.72. The Morgan fingerprint density at radius 1 is 0.760 bits per heavy atom. The summed E-state index contributed by atoms with van der Waals surface area (Å²) in [5.41, 5.74) is 5.07. The Balaban J connectivity index is 1.70. The molecule has 0 spiro atoms. The lowest BCUT2D eigenvalue weighted by Crippen LogP contribution is -2.35. The van der Waals surface area contributed by atoms with Crippen molar-refractivity contribution in [3.8, 4) is 5.69 Å². The number of aromatic nitrogens is 1. The van der Waals surface area contributed by atoms with Crippen LogP contribution >= 0.6 is 0 Å². The summed E-state index contributed by atoms with van der Waals surface area (Å²) in [6.45, 7) is 0. The molecule has 3 aromatic rings. The maximum Gasteiger partial charge on any atom is 0.282 e. The monoisotopic (exact) mass is 329 g/mol. The van der Waals surface area contributed by atoms with Crippen molar-refractivity contribution >= 4 is 23.6 Å². The van der Waals surface area contributed by atoms with Gasteiger partial charge in [0.15, 0.2) is 0 Å². The molecule has 0 atom stereocenters. The molecule has 1 aliphatic heterocycles. The first kappa shape index (κ1) is 15.0. The van der Waals surface area contributed by atoms with Crippen LogP contribution in [0.3, 0.4) is 0 Å². The fourth-order valence-electron chi connectivity index (χ4n) is 2.80. The fraction of sp³-hybridized carbons (Fsp3) is 0. The summed E-state index contributed by atoms with van der Waals surface area (Å²) in [7, 11) is 0. The van der Waals surface area contributed by atoms with Crippen LogP contribution in [0.5, 0.6) is 0 Å². The Hall–Kier alpha value is -3.60. The summed E-state index contributed by atoms with van der Waals surface area (Å²) in [5, 5.41) is 1.27. The molecule has 122 valence electrons. The highest BCUT2D eigenvalue weighted by molar-refractivity contribution is 6.31. The van der Waals surface area contributed by atoms with Gasteiger partial charge < -0.3 is 4.57 Å². The van der Waals surface area contributed by atoms with Gasteiger partial charge in [-0.2, -0.15) is 0 Å². The van der Waals surface area contributed by atoms with Crippen molar-refractivity contribution < 1.29 is 9.59 Å². The molecule has 5 nitrogen and oxygen atoms in total. The first-order valence-corrected chi connectivity index (χ1v) is 7.89. The number of amides is 2. The number of carbonyl (C=O) groups is 2. The molecule has 25 heavy (non-hydrogen) atoms. The van der Waals surface area contributed by atoms with E-state index in [2.05, 4.69) is 5.43 Å². The van der Waals surface area contributed by atoms with Crippen molar-refractivity contribution in [1.82, 2.24) is 9.99 Å². The third-order valence-electron chi connectivity index (χ3n) is 4.01. The number of nitrogens with one attached hydrogen (secondary N) is 1. The van der Waals surface area contributed by atoms with Crippen molar-refractivity contribution in [3.05, 3.63) is 90.3 Å². The molecule has 0 bridgehead atoms. The number of anilines is 1. The maximum absolute atomic E-state index is 12.7.